The van der Waals surface area contributed by atoms with Gasteiger partial charge in [0.1, 0.15) is 0 Å². The van der Waals surface area contributed by atoms with Crippen LogP contribution in [0.2, 0.25) is 0 Å². The van der Waals surface area contributed by atoms with E-state index in [4.69, 9.17) is 5.73 Å². The third kappa shape index (κ3) is 2.27. The van der Waals surface area contributed by atoms with Crippen molar-refractivity contribution in [3.8, 4) is 0 Å². The van der Waals surface area contributed by atoms with Crippen LogP contribution in [0.1, 0.15) is 11.4 Å². The van der Waals surface area contributed by atoms with Gasteiger partial charge in [-0.05, 0) is 25.1 Å². The quantitative estimate of drug-likeness (QED) is 0.682. The van der Waals surface area contributed by atoms with Crippen LogP contribution in [0.15, 0.2) is 18.2 Å². The van der Waals surface area contributed by atoms with Crippen molar-refractivity contribution in [2.45, 2.75) is 6.92 Å². The van der Waals surface area contributed by atoms with Crippen molar-refractivity contribution in [2.75, 3.05) is 11.5 Å². The smallest absolute Gasteiger partial charge is 0.0631 e. The maximum Gasteiger partial charge on any atom is 0.0631 e. The molecule has 1 rings (SSSR count). The fourth-order valence-corrected chi connectivity index (χ4v) is 0.963. The van der Waals surface area contributed by atoms with Crippen LogP contribution in [0.4, 0.5) is 5.69 Å². The number of aryl methyl sites for hydroxylation is 1. The number of hydrogen-bond donors (Lipinski definition) is 2. The lowest BCUT2D eigenvalue weighted by Gasteiger charge is -1.99. The van der Waals surface area contributed by atoms with Crippen molar-refractivity contribution in [3.05, 3.63) is 29.6 Å². The highest BCUT2D eigenvalue weighted by Crippen LogP contribution is 2.08. The zero-order chi connectivity index (χ0) is 8.97. The van der Waals surface area contributed by atoms with E-state index in [2.05, 4.69) is 17.6 Å². The second-order valence-electron chi connectivity index (χ2n) is 2.50. The highest BCUT2D eigenvalue weighted by atomic mass is 32.1. The number of aromatic nitrogens is 1. The first kappa shape index (κ1) is 9.13. The highest BCUT2D eigenvalue weighted by Gasteiger charge is 1.93. The first-order valence-electron chi connectivity index (χ1n) is 3.74. The van der Waals surface area contributed by atoms with Gasteiger partial charge in [-0.2, -0.15) is 12.6 Å². The van der Waals surface area contributed by atoms with Crippen molar-refractivity contribution in [3.63, 3.8) is 0 Å². The Bertz CT molecular complexity index is 295. The van der Waals surface area contributed by atoms with E-state index >= 15 is 0 Å². The summed E-state index contributed by atoms with van der Waals surface area (Å²) < 4.78 is 0. The van der Waals surface area contributed by atoms with Gasteiger partial charge in [0, 0.05) is 5.75 Å². The molecule has 0 atom stereocenters. The maximum atomic E-state index is 5.62. The summed E-state index contributed by atoms with van der Waals surface area (Å²) in [5.41, 5.74) is 8.15. The molecule has 2 nitrogen and oxygen atoms in total. The molecule has 0 saturated heterocycles. The lowest BCUT2D eigenvalue weighted by atomic mass is 10.2. The molecule has 0 saturated carbocycles. The molecule has 0 aromatic carbocycles. The molecule has 0 spiro atoms. The largest absolute Gasteiger partial charge is 0.397 e. The Kier molecular flexibility index (Phi) is 3.17. The monoisotopic (exact) mass is 180 g/mol. The third-order valence-corrected chi connectivity index (χ3v) is 1.75. The molecule has 2 N–H and O–H groups in total. The second kappa shape index (κ2) is 4.16. The van der Waals surface area contributed by atoms with Gasteiger partial charge in [-0.25, -0.2) is 0 Å². The molecule has 0 radical (unpaired) electrons. The van der Waals surface area contributed by atoms with Gasteiger partial charge in [-0.15, -0.1) is 0 Å². The highest BCUT2D eigenvalue weighted by molar-refractivity contribution is 7.80. The third-order valence-electron chi connectivity index (χ3n) is 1.54. The van der Waals surface area contributed by atoms with Crippen molar-refractivity contribution in [2.24, 2.45) is 0 Å². The fourth-order valence-electron chi connectivity index (χ4n) is 0.858. The Morgan fingerprint density at radius 1 is 1.58 bits per heavy atom. The van der Waals surface area contributed by atoms with Gasteiger partial charge in [0.25, 0.3) is 0 Å². The number of pyridine rings is 1. The molecule has 1 aromatic heterocycles. The van der Waals surface area contributed by atoms with Crippen LogP contribution in [0.25, 0.3) is 6.08 Å². The summed E-state index contributed by atoms with van der Waals surface area (Å²) in [6.07, 6.45) is 3.88. The van der Waals surface area contributed by atoms with Crippen LogP contribution in [-0.4, -0.2) is 10.7 Å². The minimum Gasteiger partial charge on any atom is -0.397 e. The molecule has 3 heteroatoms. The SMILES string of the molecule is Cc1nc(C=CCS)ccc1N. The Morgan fingerprint density at radius 3 is 2.92 bits per heavy atom. The number of nitrogens with two attached hydrogens (primary N) is 1. The molecule has 64 valence electrons. The number of thiol groups is 1. The standard InChI is InChI=1S/C9H12N2S/c1-7-9(10)5-4-8(11-7)3-2-6-12/h2-5,12H,6,10H2,1H3. The molecule has 0 aliphatic carbocycles. The van der Waals surface area contributed by atoms with Gasteiger partial charge < -0.3 is 5.73 Å². The molecule has 0 aliphatic heterocycles. The van der Waals surface area contributed by atoms with Gasteiger partial charge in [0.2, 0.25) is 0 Å². The first-order valence-corrected chi connectivity index (χ1v) is 4.38. The molecule has 0 unspecified atom stereocenters. The van der Waals surface area contributed by atoms with Gasteiger partial charge >= 0.3 is 0 Å². The minimum absolute atomic E-state index is 0.727. The van der Waals surface area contributed by atoms with E-state index in [0.717, 1.165) is 22.8 Å². The van der Waals surface area contributed by atoms with E-state index in [9.17, 15) is 0 Å². The average molecular weight is 180 g/mol. The summed E-state index contributed by atoms with van der Waals surface area (Å²) >= 11 is 4.06. The molecular formula is C9H12N2S. The van der Waals surface area contributed by atoms with Crippen molar-refractivity contribution < 1.29 is 0 Å². The van der Waals surface area contributed by atoms with Crippen molar-refractivity contribution in [1.82, 2.24) is 4.98 Å². The summed E-state index contributed by atoms with van der Waals surface area (Å²) in [5.74, 6) is 0.727. The second-order valence-corrected chi connectivity index (χ2v) is 2.86. The van der Waals surface area contributed by atoms with Crippen LogP contribution in [0, 0.1) is 6.92 Å². The summed E-state index contributed by atoms with van der Waals surface area (Å²) in [4.78, 5) is 4.26. The molecule has 0 bridgehead atoms. The Morgan fingerprint density at radius 2 is 2.33 bits per heavy atom. The molecule has 0 amide bonds. The minimum atomic E-state index is 0.727. The molecule has 0 fully saturated rings. The van der Waals surface area contributed by atoms with Gasteiger partial charge in [0.15, 0.2) is 0 Å². The average Bonchev–Trinajstić information content (AvgIpc) is 2.07. The zero-order valence-corrected chi connectivity index (χ0v) is 7.88. The summed E-state index contributed by atoms with van der Waals surface area (Å²) in [5, 5.41) is 0. The van der Waals surface area contributed by atoms with Crippen LogP contribution in [0.3, 0.4) is 0 Å². The van der Waals surface area contributed by atoms with Crippen molar-refractivity contribution >= 4 is 24.4 Å². The predicted octanol–water partition coefficient (Wildman–Crippen LogP) is 1.92. The van der Waals surface area contributed by atoms with E-state index in [1.54, 1.807) is 0 Å². The number of nitrogen functional groups attached to an aromatic ring is 1. The normalized spacial score (nSPS) is 10.8. The Hall–Kier alpha value is -0.960. The van der Waals surface area contributed by atoms with Crippen LogP contribution in [0.5, 0.6) is 0 Å². The first-order chi connectivity index (χ1) is 5.74. The number of anilines is 1. The molecule has 1 aromatic rings. The van der Waals surface area contributed by atoms with Crippen LogP contribution in [-0.2, 0) is 0 Å². The summed E-state index contributed by atoms with van der Waals surface area (Å²) in [7, 11) is 0. The van der Waals surface area contributed by atoms with E-state index in [1.165, 1.54) is 0 Å². The van der Waals surface area contributed by atoms with Gasteiger partial charge in [-0.3, -0.25) is 4.98 Å². The van der Waals surface area contributed by atoms with E-state index < -0.39 is 0 Å². The predicted molar refractivity (Wildman–Crippen MR) is 56.3 cm³/mol. The fraction of sp³-hybridized carbons (Fsp3) is 0.222. The zero-order valence-electron chi connectivity index (χ0n) is 6.99. The number of hydrogen-bond acceptors (Lipinski definition) is 3. The molecule has 12 heavy (non-hydrogen) atoms. The molecule has 0 aliphatic rings. The van der Waals surface area contributed by atoms with Crippen molar-refractivity contribution in [1.29, 1.82) is 0 Å². The topological polar surface area (TPSA) is 38.9 Å². The molecular weight excluding hydrogens is 168 g/mol. The lowest BCUT2D eigenvalue weighted by Crippen LogP contribution is -1.93. The van der Waals surface area contributed by atoms with E-state index in [1.807, 2.05) is 31.2 Å². The van der Waals surface area contributed by atoms with E-state index in [-0.39, 0.29) is 0 Å². The summed E-state index contributed by atoms with van der Waals surface area (Å²) in [6.45, 7) is 1.90. The molecule has 1 heterocycles. The number of nitrogens with zero attached hydrogens (tertiary/aromatic N) is 1. The lowest BCUT2D eigenvalue weighted by molar-refractivity contribution is 1.19. The van der Waals surface area contributed by atoms with Crippen LogP contribution < -0.4 is 5.73 Å². The maximum absolute atomic E-state index is 5.62. The Balaban J connectivity index is 2.89. The van der Waals surface area contributed by atoms with E-state index in [0.29, 0.717) is 0 Å². The number of rotatable bonds is 2. The Labute approximate surface area is 77.9 Å². The van der Waals surface area contributed by atoms with Crippen LogP contribution >= 0.6 is 12.6 Å². The van der Waals surface area contributed by atoms with Gasteiger partial charge in [0.05, 0.1) is 17.1 Å². The van der Waals surface area contributed by atoms with Gasteiger partial charge in [-0.1, -0.05) is 6.08 Å². The summed E-state index contributed by atoms with van der Waals surface area (Å²) in [6, 6.07) is 3.75.